The first-order valence-electron chi connectivity index (χ1n) is 9.13. The van der Waals surface area contributed by atoms with Gasteiger partial charge in [0.25, 0.3) is 0 Å². The second-order valence-corrected chi connectivity index (χ2v) is 6.51. The van der Waals surface area contributed by atoms with Crippen molar-refractivity contribution in [2.75, 3.05) is 35.2 Å². The summed E-state index contributed by atoms with van der Waals surface area (Å²) in [6.07, 6.45) is 4.24. The Labute approximate surface area is 154 Å². The molecule has 1 fully saturated rings. The molecule has 3 rings (SSSR count). The highest BCUT2D eigenvalue weighted by molar-refractivity contribution is 5.91. The molecule has 5 nitrogen and oxygen atoms in total. The lowest BCUT2D eigenvalue weighted by Crippen LogP contribution is -2.29. The van der Waals surface area contributed by atoms with Crippen molar-refractivity contribution in [3.63, 3.8) is 0 Å². The van der Waals surface area contributed by atoms with Crippen molar-refractivity contribution in [2.24, 2.45) is 0 Å². The summed E-state index contributed by atoms with van der Waals surface area (Å²) >= 11 is 0. The van der Waals surface area contributed by atoms with Crippen LogP contribution in [0.1, 0.15) is 31.2 Å². The number of nitriles is 1. The third kappa shape index (κ3) is 5.00. The number of rotatable bonds is 6. The molecule has 0 bridgehead atoms. The van der Waals surface area contributed by atoms with Crippen LogP contribution in [-0.4, -0.2) is 25.5 Å². The van der Waals surface area contributed by atoms with Gasteiger partial charge in [-0.3, -0.25) is 4.79 Å². The van der Waals surface area contributed by atoms with Crippen molar-refractivity contribution in [3.05, 3.63) is 54.1 Å². The Kier molecular flexibility index (Phi) is 6.10. The minimum atomic E-state index is -0.0717. The van der Waals surface area contributed by atoms with E-state index in [2.05, 4.69) is 45.9 Å². The number of hydrogen-bond acceptors (Lipinski definition) is 4. The Morgan fingerprint density at radius 1 is 1.04 bits per heavy atom. The number of carbonyl (C=O) groups is 1. The molecule has 2 N–H and O–H groups in total. The van der Waals surface area contributed by atoms with E-state index in [1.807, 2.05) is 0 Å². The minimum Gasteiger partial charge on any atom is -0.385 e. The predicted octanol–water partition coefficient (Wildman–Crippen LogP) is 3.99. The third-order valence-corrected chi connectivity index (χ3v) is 4.55. The molecule has 0 aliphatic carbocycles. The van der Waals surface area contributed by atoms with Crippen LogP contribution in [-0.2, 0) is 4.79 Å². The predicted molar refractivity (Wildman–Crippen MR) is 105 cm³/mol. The number of nitrogens with one attached hydrogen (secondary N) is 2. The number of benzene rings is 2. The van der Waals surface area contributed by atoms with Gasteiger partial charge in [0.15, 0.2) is 0 Å². The van der Waals surface area contributed by atoms with Crippen LogP contribution in [0.3, 0.4) is 0 Å². The molecule has 1 amide bonds. The molecule has 5 heteroatoms. The van der Waals surface area contributed by atoms with E-state index < -0.39 is 0 Å². The van der Waals surface area contributed by atoms with Crippen LogP contribution in [0.5, 0.6) is 0 Å². The second kappa shape index (κ2) is 8.91. The summed E-state index contributed by atoms with van der Waals surface area (Å²) in [4.78, 5) is 14.4. The van der Waals surface area contributed by atoms with Crippen LogP contribution >= 0.6 is 0 Å². The molecule has 134 valence electrons. The van der Waals surface area contributed by atoms with Gasteiger partial charge in [-0.2, -0.15) is 5.26 Å². The van der Waals surface area contributed by atoms with Gasteiger partial charge in [0.1, 0.15) is 0 Å². The summed E-state index contributed by atoms with van der Waals surface area (Å²) in [7, 11) is 0. The molecule has 1 aliphatic heterocycles. The van der Waals surface area contributed by atoms with Gasteiger partial charge >= 0.3 is 0 Å². The van der Waals surface area contributed by atoms with E-state index in [9.17, 15) is 4.79 Å². The zero-order valence-corrected chi connectivity index (χ0v) is 14.9. The van der Waals surface area contributed by atoms with Crippen molar-refractivity contribution in [1.82, 2.24) is 0 Å². The molecule has 26 heavy (non-hydrogen) atoms. The molecule has 0 radical (unpaired) electrons. The fourth-order valence-electron chi connectivity index (χ4n) is 3.15. The van der Waals surface area contributed by atoms with Gasteiger partial charge in [0, 0.05) is 43.1 Å². The van der Waals surface area contributed by atoms with Crippen LogP contribution in [0.4, 0.5) is 17.1 Å². The SMILES string of the molecule is N#Cc1cccc(NC(=O)CCNc2ccc(N3CCCCC3)cc2)c1. The first kappa shape index (κ1) is 17.8. The van der Waals surface area contributed by atoms with Gasteiger partial charge in [-0.15, -0.1) is 0 Å². The number of carbonyl (C=O) groups excluding carboxylic acids is 1. The molecule has 0 saturated carbocycles. The van der Waals surface area contributed by atoms with Gasteiger partial charge in [-0.25, -0.2) is 0 Å². The normalized spacial score (nSPS) is 13.7. The molecule has 1 saturated heterocycles. The maximum absolute atomic E-state index is 12.0. The molecule has 0 atom stereocenters. The summed E-state index contributed by atoms with van der Waals surface area (Å²) in [5, 5.41) is 15.0. The molecule has 0 aromatic heterocycles. The van der Waals surface area contributed by atoms with Crippen molar-refractivity contribution in [2.45, 2.75) is 25.7 Å². The van der Waals surface area contributed by atoms with Gasteiger partial charge in [0.05, 0.1) is 11.6 Å². The number of piperidine rings is 1. The summed E-state index contributed by atoms with van der Waals surface area (Å²) in [6.45, 7) is 2.84. The van der Waals surface area contributed by atoms with Crippen LogP contribution in [0.2, 0.25) is 0 Å². The zero-order chi connectivity index (χ0) is 18.2. The monoisotopic (exact) mass is 348 g/mol. The maximum Gasteiger partial charge on any atom is 0.226 e. The lowest BCUT2D eigenvalue weighted by Gasteiger charge is -2.28. The molecular formula is C21H24N4O. The number of nitrogens with zero attached hydrogens (tertiary/aromatic N) is 2. The highest BCUT2D eigenvalue weighted by Crippen LogP contribution is 2.21. The highest BCUT2D eigenvalue weighted by Gasteiger charge is 2.10. The molecular weight excluding hydrogens is 324 g/mol. The Morgan fingerprint density at radius 3 is 2.54 bits per heavy atom. The van der Waals surface area contributed by atoms with E-state index in [0.29, 0.717) is 24.2 Å². The summed E-state index contributed by atoms with van der Waals surface area (Å²) < 4.78 is 0. The van der Waals surface area contributed by atoms with E-state index in [0.717, 1.165) is 18.8 Å². The average molecular weight is 348 g/mol. The van der Waals surface area contributed by atoms with Crippen LogP contribution in [0.25, 0.3) is 0 Å². The Morgan fingerprint density at radius 2 is 1.81 bits per heavy atom. The summed E-state index contributed by atoms with van der Waals surface area (Å²) in [6, 6.07) is 17.4. The minimum absolute atomic E-state index is 0.0717. The Bertz CT molecular complexity index is 773. The molecule has 0 unspecified atom stereocenters. The first-order chi connectivity index (χ1) is 12.7. The van der Waals surface area contributed by atoms with Gasteiger partial charge in [0.2, 0.25) is 5.91 Å². The summed E-state index contributed by atoms with van der Waals surface area (Å²) in [5.74, 6) is -0.0717. The number of amides is 1. The van der Waals surface area contributed by atoms with E-state index >= 15 is 0 Å². The van der Waals surface area contributed by atoms with Crippen LogP contribution in [0.15, 0.2) is 48.5 Å². The van der Waals surface area contributed by atoms with E-state index in [-0.39, 0.29) is 5.91 Å². The van der Waals surface area contributed by atoms with Crippen LogP contribution in [0, 0.1) is 11.3 Å². The highest BCUT2D eigenvalue weighted by atomic mass is 16.1. The largest absolute Gasteiger partial charge is 0.385 e. The fraction of sp³-hybridized carbons (Fsp3) is 0.333. The van der Waals surface area contributed by atoms with E-state index in [1.54, 1.807) is 24.3 Å². The molecule has 1 aliphatic rings. The second-order valence-electron chi connectivity index (χ2n) is 6.51. The van der Waals surface area contributed by atoms with Crippen molar-refractivity contribution >= 4 is 23.0 Å². The molecule has 2 aromatic carbocycles. The quantitative estimate of drug-likeness (QED) is 0.828. The topological polar surface area (TPSA) is 68.2 Å². The number of anilines is 3. The zero-order valence-electron chi connectivity index (χ0n) is 14.9. The molecule has 1 heterocycles. The Hall–Kier alpha value is -3.00. The number of hydrogen-bond donors (Lipinski definition) is 2. The average Bonchev–Trinajstić information content (AvgIpc) is 2.69. The fourth-order valence-corrected chi connectivity index (χ4v) is 3.15. The maximum atomic E-state index is 12.0. The van der Waals surface area contributed by atoms with Crippen molar-refractivity contribution in [3.8, 4) is 6.07 Å². The van der Waals surface area contributed by atoms with Crippen molar-refractivity contribution < 1.29 is 4.79 Å². The van der Waals surface area contributed by atoms with E-state index in [1.165, 1.54) is 24.9 Å². The van der Waals surface area contributed by atoms with Gasteiger partial charge < -0.3 is 15.5 Å². The lowest BCUT2D eigenvalue weighted by atomic mass is 10.1. The van der Waals surface area contributed by atoms with Crippen molar-refractivity contribution in [1.29, 1.82) is 5.26 Å². The van der Waals surface area contributed by atoms with Crippen LogP contribution < -0.4 is 15.5 Å². The van der Waals surface area contributed by atoms with E-state index in [4.69, 9.17) is 5.26 Å². The first-order valence-corrected chi connectivity index (χ1v) is 9.13. The molecule has 0 spiro atoms. The third-order valence-electron chi connectivity index (χ3n) is 4.55. The molecule has 2 aromatic rings. The van der Waals surface area contributed by atoms with Gasteiger partial charge in [-0.1, -0.05) is 6.07 Å². The standard InChI is InChI=1S/C21H24N4O/c22-16-17-5-4-6-19(15-17)24-21(26)11-12-23-18-7-9-20(10-8-18)25-13-2-1-3-14-25/h4-10,15,23H,1-3,11-14H2,(H,24,26). The Balaban J connectivity index is 1.44. The smallest absolute Gasteiger partial charge is 0.226 e. The van der Waals surface area contributed by atoms with Gasteiger partial charge in [-0.05, 0) is 61.7 Å². The lowest BCUT2D eigenvalue weighted by molar-refractivity contribution is -0.115. The summed E-state index contributed by atoms with van der Waals surface area (Å²) in [5.41, 5.74) is 3.48.